The molecule has 0 aliphatic rings. The van der Waals surface area contributed by atoms with Crippen LogP contribution in [0.3, 0.4) is 0 Å². The van der Waals surface area contributed by atoms with Crippen LogP contribution in [0.4, 0.5) is 0 Å². The smallest absolute Gasteiger partial charge is 0.187 e. The van der Waals surface area contributed by atoms with Gasteiger partial charge in [0.1, 0.15) is 6.29 Å². The molecule has 0 saturated carbocycles. The Labute approximate surface area is 87.1 Å². The van der Waals surface area contributed by atoms with Gasteiger partial charge in [0.25, 0.3) is 0 Å². The van der Waals surface area contributed by atoms with Crippen molar-refractivity contribution in [3.8, 4) is 0 Å². The molecule has 12 heavy (non-hydrogen) atoms. The Morgan fingerprint density at radius 3 is 1.50 bits per heavy atom. The fraction of sp³-hybridized carbons (Fsp3) is 0.900. The third-order valence-electron chi connectivity index (χ3n) is 1.74. The van der Waals surface area contributed by atoms with Crippen molar-refractivity contribution in [2.75, 3.05) is 0 Å². The van der Waals surface area contributed by atoms with Crippen molar-refractivity contribution in [3.05, 3.63) is 0 Å². The van der Waals surface area contributed by atoms with E-state index in [0.717, 1.165) is 19.1 Å². The molecule has 0 atom stereocenters. The van der Waals surface area contributed by atoms with Gasteiger partial charge in [-0.15, -0.1) is 0 Å². The molecule has 0 unspecified atom stereocenters. The Kier molecular flexibility index (Phi) is 9.60. The minimum absolute atomic E-state index is 0. The number of rotatable bonds is 5. The summed E-state index contributed by atoms with van der Waals surface area (Å²) in [6.45, 7) is 8.65. The van der Waals surface area contributed by atoms with Crippen LogP contribution in [0.1, 0.15) is 40.5 Å². The van der Waals surface area contributed by atoms with Gasteiger partial charge in [-0.05, 0) is 24.7 Å². The zero-order chi connectivity index (χ0) is 8.85. The number of aldehydes is 1. The van der Waals surface area contributed by atoms with Crippen molar-refractivity contribution >= 4 is 23.6 Å². The molecule has 2 heteroatoms. The highest BCUT2D eigenvalue weighted by Gasteiger charge is 2.10. The molecule has 0 rings (SSSR count). The lowest BCUT2D eigenvalue weighted by Crippen LogP contribution is -2.08. The molecule has 0 amide bonds. The number of carbonyl (C=O) groups is 1. The van der Waals surface area contributed by atoms with Crippen LogP contribution in [0.2, 0.25) is 0 Å². The maximum absolute atomic E-state index is 10.6. The van der Waals surface area contributed by atoms with Crippen molar-refractivity contribution in [1.29, 1.82) is 0 Å². The van der Waals surface area contributed by atoms with Crippen LogP contribution >= 0.6 is 0 Å². The SMILES string of the molecule is CC(C)CC(C=O)CC(C)C.[AlH3]. The Morgan fingerprint density at radius 2 is 1.33 bits per heavy atom. The molecular formula is C10H23AlO. The van der Waals surface area contributed by atoms with E-state index in [9.17, 15) is 4.79 Å². The fourth-order valence-electron chi connectivity index (χ4n) is 1.42. The van der Waals surface area contributed by atoms with Crippen LogP contribution in [-0.2, 0) is 4.79 Å². The molecule has 0 aromatic carbocycles. The molecular weight excluding hydrogens is 163 g/mol. The monoisotopic (exact) mass is 186 g/mol. The molecule has 1 nitrogen and oxygen atoms in total. The molecule has 0 heterocycles. The van der Waals surface area contributed by atoms with Gasteiger partial charge in [-0.25, -0.2) is 0 Å². The lowest BCUT2D eigenvalue weighted by atomic mass is 9.91. The molecule has 0 radical (unpaired) electrons. The Bertz CT molecular complexity index is 100. The van der Waals surface area contributed by atoms with Crippen molar-refractivity contribution < 1.29 is 4.79 Å². The first-order valence-corrected chi connectivity index (χ1v) is 4.51. The summed E-state index contributed by atoms with van der Waals surface area (Å²) >= 11 is 0. The molecule has 0 fully saturated rings. The number of hydrogen-bond donors (Lipinski definition) is 0. The highest BCUT2D eigenvalue weighted by molar-refractivity contribution is 5.75. The quantitative estimate of drug-likeness (QED) is 0.472. The van der Waals surface area contributed by atoms with Gasteiger partial charge in [-0.1, -0.05) is 27.7 Å². The van der Waals surface area contributed by atoms with E-state index in [-0.39, 0.29) is 23.3 Å². The maximum atomic E-state index is 10.6. The van der Waals surface area contributed by atoms with Crippen LogP contribution < -0.4 is 0 Å². The Hall–Kier alpha value is 0.202. The van der Waals surface area contributed by atoms with Crippen molar-refractivity contribution in [2.24, 2.45) is 17.8 Å². The van der Waals surface area contributed by atoms with Crippen LogP contribution in [-0.4, -0.2) is 23.6 Å². The zero-order valence-corrected chi connectivity index (χ0v) is 8.13. The minimum Gasteiger partial charge on any atom is -0.303 e. The number of hydrogen-bond acceptors (Lipinski definition) is 1. The lowest BCUT2D eigenvalue weighted by molar-refractivity contribution is -0.112. The van der Waals surface area contributed by atoms with E-state index < -0.39 is 0 Å². The van der Waals surface area contributed by atoms with E-state index >= 15 is 0 Å². The van der Waals surface area contributed by atoms with Gasteiger partial charge in [0.05, 0.1) is 0 Å². The average Bonchev–Trinajstić information content (AvgIpc) is 1.84. The standard InChI is InChI=1S/C10H20O.Al.3H/c1-8(2)5-10(7-11)6-9(3)4;;;;/h7-10H,5-6H2,1-4H3;;;;. The molecule has 72 valence electrons. The fourth-order valence-corrected chi connectivity index (χ4v) is 1.42. The Morgan fingerprint density at radius 1 is 1.00 bits per heavy atom. The van der Waals surface area contributed by atoms with Crippen molar-refractivity contribution in [3.63, 3.8) is 0 Å². The van der Waals surface area contributed by atoms with Crippen LogP contribution in [0.25, 0.3) is 0 Å². The van der Waals surface area contributed by atoms with Gasteiger partial charge in [-0.2, -0.15) is 0 Å². The molecule has 0 spiro atoms. The van der Waals surface area contributed by atoms with Gasteiger partial charge in [-0.3, -0.25) is 0 Å². The van der Waals surface area contributed by atoms with E-state index in [1.165, 1.54) is 0 Å². The second kappa shape index (κ2) is 7.83. The van der Waals surface area contributed by atoms with Crippen LogP contribution in [0, 0.1) is 17.8 Å². The van der Waals surface area contributed by atoms with Gasteiger partial charge >= 0.3 is 0 Å². The van der Waals surface area contributed by atoms with Gasteiger partial charge in [0.15, 0.2) is 17.4 Å². The summed E-state index contributed by atoms with van der Waals surface area (Å²) in [6.07, 6.45) is 3.20. The summed E-state index contributed by atoms with van der Waals surface area (Å²) in [7, 11) is 0. The molecule has 0 aromatic rings. The van der Waals surface area contributed by atoms with Crippen molar-refractivity contribution in [1.82, 2.24) is 0 Å². The second-order valence-electron chi connectivity index (χ2n) is 4.16. The predicted molar refractivity (Wildman–Crippen MR) is 58.4 cm³/mol. The van der Waals surface area contributed by atoms with E-state index in [0.29, 0.717) is 11.8 Å². The van der Waals surface area contributed by atoms with E-state index in [1.807, 2.05) is 0 Å². The first-order valence-electron chi connectivity index (χ1n) is 4.51. The molecule has 0 N–H and O–H groups in total. The third kappa shape index (κ3) is 8.30. The largest absolute Gasteiger partial charge is 0.303 e. The summed E-state index contributed by atoms with van der Waals surface area (Å²) in [5, 5.41) is 0. The molecule has 0 aliphatic heterocycles. The molecule has 0 aromatic heterocycles. The maximum Gasteiger partial charge on any atom is 0.187 e. The summed E-state index contributed by atoms with van der Waals surface area (Å²) in [4.78, 5) is 10.6. The average molecular weight is 186 g/mol. The number of carbonyl (C=O) groups excluding carboxylic acids is 1. The highest BCUT2D eigenvalue weighted by Crippen LogP contribution is 2.17. The van der Waals surface area contributed by atoms with E-state index in [4.69, 9.17) is 0 Å². The molecule has 0 bridgehead atoms. The third-order valence-corrected chi connectivity index (χ3v) is 1.74. The predicted octanol–water partition coefficient (Wildman–Crippen LogP) is 1.71. The summed E-state index contributed by atoms with van der Waals surface area (Å²) < 4.78 is 0. The van der Waals surface area contributed by atoms with Gasteiger partial charge in [0.2, 0.25) is 0 Å². The summed E-state index contributed by atoms with van der Waals surface area (Å²) in [5.74, 6) is 1.57. The zero-order valence-electron chi connectivity index (χ0n) is 8.13. The summed E-state index contributed by atoms with van der Waals surface area (Å²) in [5.41, 5.74) is 0. The topological polar surface area (TPSA) is 17.1 Å². The Balaban J connectivity index is 0. The molecule has 0 saturated heterocycles. The second-order valence-corrected chi connectivity index (χ2v) is 4.16. The lowest BCUT2D eigenvalue weighted by Gasteiger charge is -2.14. The van der Waals surface area contributed by atoms with Crippen LogP contribution in [0.15, 0.2) is 0 Å². The van der Waals surface area contributed by atoms with Gasteiger partial charge in [0, 0.05) is 5.92 Å². The van der Waals surface area contributed by atoms with E-state index in [2.05, 4.69) is 27.7 Å². The highest BCUT2D eigenvalue weighted by atomic mass is 27.0. The normalized spacial score (nSPS) is 10.6. The van der Waals surface area contributed by atoms with Crippen LogP contribution in [0.5, 0.6) is 0 Å². The first-order chi connectivity index (χ1) is 5.06. The van der Waals surface area contributed by atoms with Crippen molar-refractivity contribution in [2.45, 2.75) is 40.5 Å². The summed E-state index contributed by atoms with van der Waals surface area (Å²) in [6, 6.07) is 0. The first kappa shape index (κ1) is 14.7. The molecule has 0 aliphatic carbocycles. The minimum atomic E-state index is 0. The van der Waals surface area contributed by atoms with Gasteiger partial charge < -0.3 is 4.79 Å². The van der Waals surface area contributed by atoms with E-state index in [1.54, 1.807) is 0 Å².